The number of rotatable bonds is 5. The predicted molar refractivity (Wildman–Crippen MR) is 64.6 cm³/mol. The zero-order valence-electron chi connectivity index (χ0n) is 10.2. The molecule has 0 atom stereocenters. The Hall–Kier alpha value is -2.11. The summed E-state index contributed by atoms with van der Waals surface area (Å²) in [6, 6.07) is 3.87. The van der Waals surface area contributed by atoms with Gasteiger partial charge in [0.1, 0.15) is 0 Å². The molecule has 6 nitrogen and oxygen atoms in total. The second-order valence-electron chi connectivity index (χ2n) is 3.71. The van der Waals surface area contributed by atoms with E-state index < -0.39 is 4.92 Å². The predicted octanol–water partition coefficient (Wildman–Crippen LogP) is 1.12. The Kier molecular flexibility index (Phi) is 4.45. The van der Waals surface area contributed by atoms with Gasteiger partial charge in [-0.05, 0) is 18.6 Å². The van der Waals surface area contributed by atoms with Crippen LogP contribution in [0.15, 0.2) is 30.4 Å². The van der Waals surface area contributed by atoms with E-state index in [-0.39, 0.29) is 0 Å². The molecule has 0 fully saturated rings. The van der Waals surface area contributed by atoms with Crippen molar-refractivity contribution in [2.45, 2.75) is 13.5 Å². The van der Waals surface area contributed by atoms with Crippen molar-refractivity contribution in [3.63, 3.8) is 0 Å². The maximum Gasteiger partial charge on any atom is 0.274 e. The summed E-state index contributed by atoms with van der Waals surface area (Å²) < 4.78 is 0. The second-order valence-corrected chi connectivity index (χ2v) is 3.71. The number of nitrogens with zero attached hydrogens (tertiary/aromatic N) is 3. The Morgan fingerprint density at radius 2 is 2.35 bits per heavy atom. The van der Waals surface area contributed by atoms with Crippen LogP contribution in [-0.2, 0) is 6.54 Å². The average molecular weight is 236 g/mol. The van der Waals surface area contributed by atoms with Crippen LogP contribution in [0.3, 0.4) is 0 Å². The number of pyridine rings is 1. The van der Waals surface area contributed by atoms with Crippen molar-refractivity contribution in [1.82, 2.24) is 15.2 Å². The van der Waals surface area contributed by atoms with Crippen molar-refractivity contribution < 1.29 is 4.92 Å². The normalized spacial score (nSPS) is 11.1. The summed E-state index contributed by atoms with van der Waals surface area (Å²) >= 11 is 0. The van der Waals surface area contributed by atoms with E-state index in [1.807, 2.05) is 19.1 Å². The molecule has 1 heterocycles. The molecule has 1 N–H and O–H groups in total. The Balaban J connectivity index is 2.73. The van der Waals surface area contributed by atoms with Crippen LogP contribution in [0.5, 0.6) is 0 Å². The zero-order chi connectivity index (χ0) is 12.8. The minimum atomic E-state index is -0.476. The molecule has 0 unspecified atom stereocenters. The fourth-order valence-electron chi connectivity index (χ4n) is 1.40. The van der Waals surface area contributed by atoms with Crippen molar-refractivity contribution in [3.05, 3.63) is 51.7 Å². The monoisotopic (exact) mass is 236 g/mol. The van der Waals surface area contributed by atoms with Crippen molar-refractivity contribution in [3.8, 4) is 0 Å². The lowest BCUT2D eigenvalue weighted by Gasteiger charge is -2.20. The Morgan fingerprint density at radius 1 is 1.65 bits per heavy atom. The van der Waals surface area contributed by atoms with Gasteiger partial charge >= 0.3 is 0 Å². The lowest BCUT2D eigenvalue weighted by atomic mass is 10.2. The molecule has 0 aromatic carbocycles. The van der Waals surface area contributed by atoms with Crippen LogP contribution in [0.4, 0.5) is 0 Å². The lowest BCUT2D eigenvalue weighted by Crippen LogP contribution is -2.26. The van der Waals surface area contributed by atoms with E-state index >= 15 is 0 Å². The average Bonchev–Trinajstić information content (AvgIpc) is 2.28. The SMILES string of the molecule is CN/C(=C\[N+](=O)[O-])N(C)Cc1ccc(C)nc1. The van der Waals surface area contributed by atoms with Crippen LogP contribution >= 0.6 is 0 Å². The summed E-state index contributed by atoms with van der Waals surface area (Å²) in [6.07, 6.45) is 2.72. The summed E-state index contributed by atoms with van der Waals surface area (Å²) in [5.74, 6) is 0.454. The largest absolute Gasteiger partial charge is 0.370 e. The molecule has 6 heteroatoms. The fraction of sp³-hybridized carbons (Fsp3) is 0.364. The second kappa shape index (κ2) is 5.83. The first kappa shape index (κ1) is 13.0. The fourth-order valence-corrected chi connectivity index (χ4v) is 1.40. The van der Waals surface area contributed by atoms with Gasteiger partial charge in [-0.15, -0.1) is 0 Å². The van der Waals surface area contributed by atoms with E-state index in [1.54, 1.807) is 25.2 Å². The van der Waals surface area contributed by atoms with Gasteiger partial charge in [0.15, 0.2) is 5.82 Å². The quantitative estimate of drug-likeness (QED) is 0.612. The van der Waals surface area contributed by atoms with Crippen molar-refractivity contribution in [1.29, 1.82) is 0 Å². The van der Waals surface area contributed by atoms with Gasteiger partial charge in [0.05, 0.1) is 4.92 Å². The smallest absolute Gasteiger partial charge is 0.274 e. The molecular weight excluding hydrogens is 220 g/mol. The topological polar surface area (TPSA) is 71.3 Å². The summed E-state index contributed by atoms with van der Waals surface area (Å²) in [7, 11) is 3.44. The molecule has 0 amide bonds. The van der Waals surface area contributed by atoms with Crippen molar-refractivity contribution in [2.75, 3.05) is 14.1 Å². The molecule has 0 radical (unpaired) electrons. The van der Waals surface area contributed by atoms with Crippen LogP contribution in [0.25, 0.3) is 0 Å². The van der Waals surface area contributed by atoms with Crippen molar-refractivity contribution in [2.24, 2.45) is 0 Å². The molecule has 1 rings (SSSR count). The third-order valence-electron chi connectivity index (χ3n) is 2.29. The molecule has 0 spiro atoms. The first-order chi connectivity index (χ1) is 8.02. The maximum absolute atomic E-state index is 10.4. The van der Waals surface area contributed by atoms with Crippen LogP contribution in [0.1, 0.15) is 11.3 Å². The molecular formula is C11H16N4O2. The highest BCUT2D eigenvalue weighted by atomic mass is 16.6. The van der Waals surface area contributed by atoms with E-state index in [1.165, 1.54) is 0 Å². The number of hydrogen-bond acceptors (Lipinski definition) is 5. The molecule has 0 saturated carbocycles. The van der Waals surface area contributed by atoms with Gasteiger partial charge < -0.3 is 10.2 Å². The van der Waals surface area contributed by atoms with E-state index in [0.717, 1.165) is 17.5 Å². The highest BCUT2D eigenvalue weighted by Crippen LogP contribution is 2.06. The van der Waals surface area contributed by atoms with Gasteiger partial charge in [-0.25, -0.2) is 0 Å². The van der Waals surface area contributed by atoms with Crippen LogP contribution in [-0.4, -0.2) is 28.9 Å². The van der Waals surface area contributed by atoms with Gasteiger partial charge in [-0.1, -0.05) is 6.07 Å². The number of hydrogen-bond donors (Lipinski definition) is 1. The Labute approximate surface area is 100 Å². The first-order valence-electron chi connectivity index (χ1n) is 5.18. The van der Waals surface area contributed by atoms with E-state index in [2.05, 4.69) is 10.3 Å². The van der Waals surface area contributed by atoms with E-state index in [9.17, 15) is 10.1 Å². The molecule has 0 aliphatic rings. The molecule has 17 heavy (non-hydrogen) atoms. The third-order valence-corrected chi connectivity index (χ3v) is 2.29. The number of nitro groups is 1. The van der Waals surface area contributed by atoms with Gasteiger partial charge in [0.25, 0.3) is 6.20 Å². The van der Waals surface area contributed by atoms with Gasteiger partial charge in [-0.3, -0.25) is 15.1 Å². The Bertz CT molecular complexity index is 414. The maximum atomic E-state index is 10.4. The standard InChI is InChI=1S/C11H16N4O2/c1-9-4-5-10(6-13-9)7-14(3)11(12-2)8-15(16)17/h4-6,8,12H,7H2,1-3H3/b11-8+. The van der Waals surface area contributed by atoms with Gasteiger partial charge in [0, 0.05) is 32.5 Å². The van der Waals surface area contributed by atoms with Crippen molar-refractivity contribution >= 4 is 0 Å². The third kappa shape index (κ3) is 4.10. The van der Waals surface area contributed by atoms with E-state index in [4.69, 9.17) is 0 Å². The van der Waals surface area contributed by atoms with Gasteiger partial charge in [-0.2, -0.15) is 0 Å². The van der Waals surface area contributed by atoms with Gasteiger partial charge in [0.2, 0.25) is 0 Å². The minimum absolute atomic E-state index is 0.454. The number of nitrogens with one attached hydrogen (secondary N) is 1. The summed E-state index contributed by atoms with van der Waals surface area (Å²) in [6.45, 7) is 2.48. The number of aryl methyl sites for hydroxylation is 1. The highest BCUT2D eigenvalue weighted by molar-refractivity contribution is 5.13. The zero-order valence-corrected chi connectivity index (χ0v) is 10.2. The first-order valence-corrected chi connectivity index (χ1v) is 5.18. The number of aromatic nitrogens is 1. The molecule has 0 bridgehead atoms. The summed E-state index contributed by atoms with van der Waals surface area (Å²) in [5, 5.41) is 13.2. The van der Waals surface area contributed by atoms with E-state index in [0.29, 0.717) is 12.4 Å². The van der Waals surface area contributed by atoms with Crippen LogP contribution in [0, 0.1) is 17.0 Å². The summed E-state index contributed by atoms with van der Waals surface area (Å²) in [4.78, 5) is 15.9. The molecule has 0 saturated heterocycles. The molecule has 1 aromatic rings. The van der Waals surface area contributed by atoms with Crippen LogP contribution < -0.4 is 5.32 Å². The molecule has 0 aliphatic heterocycles. The van der Waals surface area contributed by atoms with Crippen LogP contribution in [0.2, 0.25) is 0 Å². The molecule has 92 valence electrons. The highest BCUT2D eigenvalue weighted by Gasteiger charge is 2.07. The molecule has 1 aromatic heterocycles. The summed E-state index contributed by atoms with van der Waals surface area (Å²) in [5.41, 5.74) is 1.95. The lowest BCUT2D eigenvalue weighted by molar-refractivity contribution is -0.404. The minimum Gasteiger partial charge on any atom is -0.370 e. The molecule has 0 aliphatic carbocycles. The Morgan fingerprint density at radius 3 is 2.82 bits per heavy atom.